The third kappa shape index (κ3) is 4.48. The molecule has 0 spiro atoms. The van der Waals surface area contributed by atoms with Gasteiger partial charge in [-0.25, -0.2) is 4.98 Å². The molecule has 9 heteroatoms. The van der Waals surface area contributed by atoms with Crippen molar-refractivity contribution in [3.05, 3.63) is 41.4 Å². The summed E-state index contributed by atoms with van der Waals surface area (Å²) in [6.45, 7) is 7.33. The number of hydrogen-bond donors (Lipinski definition) is 0. The summed E-state index contributed by atoms with van der Waals surface area (Å²) in [5.74, 6) is 1.63. The molecule has 170 valence electrons. The number of rotatable bonds is 8. The molecule has 0 saturated carbocycles. The number of fused-ring (bicyclic) bond motifs is 2. The van der Waals surface area contributed by atoms with Gasteiger partial charge < -0.3 is 19.1 Å². The lowest BCUT2D eigenvalue weighted by molar-refractivity contribution is -0.127. The van der Waals surface area contributed by atoms with Crippen LogP contribution in [0.2, 0.25) is 5.02 Å². The summed E-state index contributed by atoms with van der Waals surface area (Å²) in [7, 11) is 1.59. The van der Waals surface area contributed by atoms with Crippen molar-refractivity contribution in [3.63, 3.8) is 0 Å². The molecule has 1 amide bonds. The number of benzene rings is 2. The largest absolute Gasteiger partial charge is 0.494 e. The topological polar surface area (TPSA) is 64.1 Å². The standard InChI is InChI=1S/C23H26ClN3O4S/c1-4-26(5-2)12-13-27(22(28)19-14-30-16-8-6-7-9-17(16)31-19)23-25-20-18(29-3)11-10-15(24)21(20)32-23/h6-11,19H,4-5,12-14H2,1-3H3. The Balaban J connectivity index is 1.67. The Hall–Kier alpha value is -2.55. The molecule has 1 atom stereocenters. The third-order valence-corrected chi connectivity index (χ3v) is 7.02. The summed E-state index contributed by atoms with van der Waals surface area (Å²) in [6.07, 6.45) is -0.758. The van der Waals surface area contributed by atoms with E-state index in [1.165, 1.54) is 11.3 Å². The summed E-state index contributed by atoms with van der Waals surface area (Å²) in [5.41, 5.74) is 0.645. The highest BCUT2D eigenvalue weighted by Gasteiger charge is 2.33. The van der Waals surface area contributed by atoms with Crippen LogP contribution < -0.4 is 19.1 Å². The molecule has 32 heavy (non-hydrogen) atoms. The number of amides is 1. The fraction of sp³-hybridized carbons (Fsp3) is 0.391. The van der Waals surface area contributed by atoms with E-state index in [1.54, 1.807) is 30.2 Å². The molecule has 1 aromatic heterocycles. The first-order chi connectivity index (χ1) is 15.5. The van der Waals surface area contributed by atoms with E-state index in [-0.39, 0.29) is 12.5 Å². The summed E-state index contributed by atoms with van der Waals surface area (Å²) >= 11 is 7.79. The van der Waals surface area contributed by atoms with Gasteiger partial charge in [-0.3, -0.25) is 9.69 Å². The Morgan fingerprint density at radius 1 is 1.19 bits per heavy atom. The van der Waals surface area contributed by atoms with E-state index in [1.807, 2.05) is 18.2 Å². The number of halogens is 1. The van der Waals surface area contributed by atoms with E-state index in [2.05, 4.69) is 18.7 Å². The van der Waals surface area contributed by atoms with Gasteiger partial charge in [-0.2, -0.15) is 0 Å². The Morgan fingerprint density at radius 3 is 2.66 bits per heavy atom. The highest BCUT2D eigenvalue weighted by Crippen LogP contribution is 2.39. The molecule has 0 aliphatic carbocycles. The minimum absolute atomic E-state index is 0.145. The van der Waals surface area contributed by atoms with Gasteiger partial charge in [-0.15, -0.1) is 0 Å². The maximum atomic E-state index is 13.6. The number of likely N-dealkylation sites (N-methyl/N-ethyl adjacent to an activating group) is 1. The van der Waals surface area contributed by atoms with Crippen LogP contribution in [0.3, 0.4) is 0 Å². The van der Waals surface area contributed by atoms with Crippen LogP contribution in [0.1, 0.15) is 13.8 Å². The molecular weight excluding hydrogens is 450 g/mol. The first-order valence-corrected chi connectivity index (χ1v) is 11.8. The zero-order chi connectivity index (χ0) is 22.7. The van der Waals surface area contributed by atoms with Gasteiger partial charge in [0.25, 0.3) is 5.91 Å². The number of methoxy groups -OCH3 is 1. The average molecular weight is 476 g/mol. The molecule has 2 aromatic carbocycles. The second-order valence-electron chi connectivity index (χ2n) is 7.30. The van der Waals surface area contributed by atoms with Crippen LogP contribution in [0, 0.1) is 0 Å². The van der Waals surface area contributed by atoms with Crippen LogP contribution in [0.4, 0.5) is 5.13 Å². The lowest BCUT2D eigenvalue weighted by atomic mass is 10.2. The van der Waals surface area contributed by atoms with E-state index < -0.39 is 6.10 Å². The van der Waals surface area contributed by atoms with Crippen LogP contribution in [0.15, 0.2) is 36.4 Å². The predicted octanol–water partition coefficient (Wildman–Crippen LogP) is 4.47. The van der Waals surface area contributed by atoms with Gasteiger partial charge in [0.1, 0.15) is 17.9 Å². The quantitative estimate of drug-likeness (QED) is 0.479. The Morgan fingerprint density at radius 2 is 1.94 bits per heavy atom. The smallest absolute Gasteiger partial charge is 0.273 e. The fourth-order valence-electron chi connectivity index (χ4n) is 3.62. The zero-order valence-electron chi connectivity index (χ0n) is 18.3. The Kier molecular flexibility index (Phi) is 7.03. The molecule has 7 nitrogen and oxygen atoms in total. The van der Waals surface area contributed by atoms with Crippen molar-refractivity contribution in [2.75, 3.05) is 44.8 Å². The number of nitrogens with zero attached hydrogens (tertiary/aromatic N) is 3. The number of aromatic nitrogens is 1. The van der Waals surface area contributed by atoms with E-state index in [0.717, 1.165) is 17.8 Å². The molecule has 0 saturated heterocycles. The number of anilines is 1. The van der Waals surface area contributed by atoms with Gasteiger partial charge in [0, 0.05) is 13.1 Å². The molecular formula is C23H26ClN3O4S. The molecule has 1 unspecified atom stereocenters. The summed E-state index contributed by atoms with van der Waals surface area (Å²) in [5, 5.41) is 1.14. The van der Waals surface area contributed by atoms with Gasteiger partial charge in [0.15, 0.2) is 16.6 Å². The molecule has 4 rings (SSSR count). The first kappa shape index (κ1) is 22.6. The highest BCUT2D eigenvalue weighted by atomic mass is 35.5. The van der Waals surface area contributed by atoms with E-state index in [9.17, 15) is 4.79 Å². The molecule has 0 bridgehead atoms. The molecule has 1 aliphatic heterocycles. The van der Waals surface area contributed by atoms with Crippen molar-refractivity contribution < 1.29 is 19.0 Å². The van der Waals surface area contributed by atoms with Crippen LogP contribution >= 0.6 is 22.9 Å². The number of hydrogen-bond acceptors (Lipinski definition) is 7. The maximum Gasteiger partial charge on any atom is 0.273 e. The molecule has 0 radical (unpaired) electrons. The van der Waals surface area contributed by atoms with E-state index in [0.29, 0.717) is 46.0 Å². The van der Waals surface area contributed by atoms with Gasteiger partial charge in [-0.1, -0.05) is 48.9 Å². The van der Waals surface area contributed by atoms with Crippen LogP contribution in [0.25, 0.3) is 10.2 Å². The molecule has 3 aromatic rings. The molecule has 2 heterocycles. The minimum Gasteiger partial charge on any atom is -0.494 e. The monoisotopic (exact) mass is 475 g/mol. The lowest BCUT2D eigenvalue weighted by Gasteiger charge is -2.30. The van der Waals surface area contributed by atoms with Gasteiger partial charge in [0.2, 0.25) is 6.10 Å². The van der Waals surface area contributed by atoms with Crippen molar-refractivity contribution >= 4 is 44.2 Å². The summed E-state index contributed by atoms with van der Waals surface area (Å²) in [6, 6.07) is 10.9. The van der Waals surface area contributed by atoms with E-state index in [4.69, 9.17) is 30.8 Å². The number of thiazole rings is 1. The van der Waals surface area contributed by atoms with Gasteiger partial charge in [-0.05, 0) is 37.4 Å². The molecule has 0 fully saturated rings. The van der Waals surface area contributed by atoms with Crippen LogP contribution in [-0.2, 0) is 4.79 Å². The normalized spacial score (nSPS) is 15.2. The van der Waals surface area contributed by atoms with Gasteiger partial charge in [0.05, 0.1) is 16.8 Å². The number of para-hydroxylation sites is 2. The second kappa shape index (κ2) is 9.94. The SMILES string of the molecule is CCN(CC)CCN(C(=O)C1COc2ccccc2O1)c1nc2c(OC)ccc(Cl)c2s1. The Labute approximate surface area is 196 Å². The summed E-state index contributed by atoms with van der Waals surface area (Å²) in [4.78, 5) is 22.3. The van der Waals surface area contributed by atoms with Crippen LogP contribution in [-0.4, -0.2) is 61.8 Å². The molecule has 0 N–H and O–H groups in total. The predicted molar refractivity (Wildman–Crippen MR) is 128 cm³/mol. The van der Waals surface area contributed by atoms with Gasteiger partial charge >= 0.3 is 0 Å². The average Bonchev–Trinajstić information content (AvgIpc) is 3.27. The maximum absolute atomic E-state index is 13.6. The van der Waals surface area contributed by atoms with Crippen LogP contribution in [0.5, 0.6) is 17.2 Å². The number of ether oxygens (including phenoxy) is 3. The van der Waals surface area contributed by atoms with Crippen molar-refractivity contribution in [2.24, 2.45) is 0 Å². The van der Waals surface area contributed by atoms with Crippen molar-refractivity contribution in [1.29, 1.82) is 0 Å². The number of carbonyl (C=O) groups is 1. The summed E-state index contributed by atoms with van der Waals surface area (Å²) < 4.78 is 18.0. The Bertz CT molecular complexity index is 1100. The fourth-order valence-corrected chi connectivity index (χ4v) is 4.91. The minimum atomic E-state index is -0.758. The highest BCUT2D eigenvalue weighted by molar-refractivity contribution is 7.23. The zero-order valence-corrected chi connectivity index (χ0v) is 19.9. The molecule has 1 aliphatic rings. The van der Waals surface area contributed by atoms with Crippen molar-refractivity contribution in [1.82, 2.24) is 9.88 Å². The second-order valence-corrected chi connectivity index (χ2v) is 8.69. The first-order valence-electron chi connectivity index (χ1n) is 10.6. The van der Waals surface area contributed by atoms with Crippen molar-refractivity contribution in [2.45, 2.75) is 20.0 Å². The lowest BCUT2D eigenvalue weighted by Crippen LogP contribution is -2.48. The number of carbonyl (C=O) groups excluding carboxylic acids is 1. The van der Waals surface area contributed by atoms with Crippen molar-refractivity contribution in [3.8, 4) is 17.2 Å². The third-order valence-electron chi connectivity index (χ3n) is 5.48. The van der Waals surface area contributed by atoms with E-state index >= 15 is 0 Å².